The lowest BCUT2D eigenvalue weighted by Gasteiger charge is -2.23. The molecule has 132 valence electrons. The van der Waals surface area contributed by atoms with Gasteiger partial charge in [-0.1, -0.05) is 18.2 Å². The Bertz CT molecular complexity index is 672. The number of terminal acetylenes is 1. The van der Waals surface area contributed by atoms with Crippen molar-refractivity contribution in [3.05, 3.63) is 35.9 Å². The average Bonchev–Trinajstić information content (AvgIpc) is 3.05. The summed E-state index contributed by atoms with van der Waals surface area (Å²) in [6.07, 6.45) is 5.77. The molecule has 1 aliphatic carbocycles. The maximum Gasteiger partial charge on any atom is 0.338 e. The summed E-state index contributed by atoms with van der Waals surface area (Å²) in [5.41, 5.74) is -1.03. The van der Waals surface area contributed by atoms with Crippen LogP contribution >= 0.6 is 0 Å². The van der Waals surface area contributed by atoms with Crippen molar-refractivity contribution in [2.75, 3.05) is 20.8 Å². The lowest BCUT2D eigenvalue weighted by Crippen LogP contribution is -2.39. The van der Waals surface area contributed by atoms with Gasteiger partial charge in [-0.2, -0.15) is 0 Å². The minimum Gasteiger partial charge on any atom is -0.468 e. The van der Waals surface area contributed by atoms with E-state index < -0.39 is 29.2 Å². The summed E-state index contributed by atoms with van der Waals surface area (Å²) >= 11 is 0. The first-order valence-electron chi connectivity index (χ1n) is 7.83. The molecule has 1 saturated carbocycles. The van der Waals surface area contributed by atoms with Crippen LogP contribution < -0.4 is 0 Å². The minimum absolute atomic E-state index is 0.0122. The molecular formula is C19H20O6. The van der Waals surface area contributed by atoms with Gasteiger partial charge in [0, 0.05) is 11.8 Å². The van der Waals surface area contributed by atoms with Crippen LogP contribution in [0.3, 0.4) is 0 Å². The van der Waals surface area contributed by atoms with E-state index in [9.17, 15) is 14.4 Å². The molecule has 0 N–H and O–H groups in total. The van der Waals surface area contributed by atoms with Crippen LogP contribution in [0.5, 0.6) is 0 Å². The number of carbonyl (C=O) groups excluding carboxylic acids is 3. The van der Waals surface area contributed by atoms with Crippen molar-refractivity contribution >= 4 is 17.9 Å². The fourth-order valence-electron chi connectivity index (χ4n) is 3.23. The monoisotopic (exact) mass is 344 g/mol. The van der Waals surface area contributed by atoms with Crippen molar-refractivity contribution in [2.24, 2.45) is 17.3 Å². The second kappa shape index (κ2) is 7.84. The van der Waals surface area contributed by atoms with Gasteiger partial charge in [0.1, 0.15) is 0 Å². The fraction of sp³-hybridized carbons (Fsp3) is 0.421. The molecule has 1 aromatic rings. The van der Waals surface area contributed by atoms with Crippen molar-refractivity contribution in [3.63, 3.8) is 0 Å². The molecule has 1 aromatic carbocycles. The van der Waals surface area contributed by atoms with E-state index in [4.69, 9.17) is 20.6 Å². The molecule has 0 aliphatic heterocycles. The van der Waals surface area contributed by atoms with Gasteiger partial charge >= 0.3 is 17.9 Å². The summed E-state index contributed by atoms with van der Waals surface area (Å²) in [4.78, 5) is 36.5. The zero-order chi connectivity index (χ0) is 18.4. The SMILES string of the molecule is C#CC1CC(C(=O)OC)(C(=O)OC)CC1COC(=O)c1ccccc1. The van der Waals surface area contributed by atoms with Crippen molar-refractivity contribution in [1.82, 2.24) is 0 Å². The number of hydrogen-bond acceptors (Lipinski definition) is 6. The quantitative estimate of drug-likeness (QED) is 0.351. The molecule has 1 fully saturated rings. The molecule has 0 saturated heterocycles. The van der Waals surface area contributed by atoms with Crippen LogP contribution in [0.15, 0.2) is 30.3 Å². The Hall–Kier alpha value is -2.81. The van der Waals surface area contributed by atoms with Gasteiger partial charge in [-0.3, -0.25) is 9.59 Å². The molecule has 0 spiro atoms. The molecular weight excluding hydrogens is 324 g/mol. The second-order valence-corrected chi connectivity index (χ2v) is 5.97. The smallest absolute Gasteiger partial charge is 0.338 e. The number of rotatable bonds is 5. The summed E-state index contributed by atoms with van der Waals surface area (Å²) in [7, 11) is 2.42. The normalized spacial score (nSPS) is 21.0. The molecule has 0 aromatic heterocycles. The zero-order valence-corrected chi connectivity index (χ0v) is 14.2. The number of ether oxygens (including phenoxy) is 3. The van der Waals surface area contributed by atoms with E-state index in [1.54, 1.807) is 30.3 Å². The molecule has 0 bridgehead atoms. The first-order valence-corrected chi connectivity index (χ1v) is 7.83. The third kappa shape index (κ3) is 3.66. The Balaban J connectivity index is 2.13. The Morgan fingerprint density at radius 2 is 1.72 bits per heavy atom. The summed E-state index contributed by atoms with van der Waals surface area (Å²) in [5.74, 6) is -0.00405. The Morgan fingerprint density at radius 1 is 1.12 bits per heavy atom. The average molecular weight is 344 g/mol. The highest BCUT2D eigenvalue weighted by Gasteiger charge is 2.57. The number of carbonyl (C=O) groups is 3. The molecule has 25 heavy (non-hydrogen) atoms. The molecule has 0 radical (unpaired) electrons. The number of benzene rings is 1. The summed E-state index contributed by atoms with van der Waals surface area (Å²) in [5, 5.41) is 0. The predicted octanol–water partition coefficient (Wildman–Crippen LogP) is 1.84. The lowest BCUT2D eigenvalue weighted by atomic mass is 9.85. The van der Waals surface area contributed by atoms with Gasteiger partial charge in [-0.15, -0.1) is 12.3 Å². The van der Waals surface area contributed by atoms with E-state index in [1.807, 2.05) is 0 Å². The van der Waals surface area contributed by atoms with Crippen molar-refractivity contribution < 1.29 is 28.6 Å². The van der Waals surface area contributed by atoms with E-state index >= 15 is 0 Å². The number of methoxy groups -OCH3 is 2. The molecule has 0 heterocycles. The van der Waals surface area contributed by atoms with E-state index in [0.29, 0.717) is 5.56 Å². The highest BCUT2D eigenvalue weighted by Crippen LogP contribution is 2.47. The molecule has 2 atom stereocenters. The van der Waals surface area contributed by atoms with E-state index in [1.165, 1.54) is 14.2 Å². The van der Waals surface area contributed by atoms with Crippen LogP contribution in [0.2, 0.25) is 0 Å². The van der Waals surface area contributed by atoms with E-state index in [-0.39, 0.29) is 25.4 Å². The Labute approximate surface area is 146 Å². The van der Waals surface area contributed by atoms with Crippen LogP contribution in [0.4, 0.5) is 0 Å². The lowest BCUT2D eigenvalue weighted by molar-refractivity contribution is -0.169. The first-order chi connectivity index (χ1) is 12.0. The van der Waals surface area contributed by atoms with Gasteiger partial charge < -0.3 is 14.2 Å². The third-order valence-electron chi connectivity index (χ3n) is 4.55. The van der Waals surface area contributed by atoms with Gasteiger partial charge in [-0.25, -0.2) is 4.79 Å². The summed E-state index contributed by atoms with van der Waals surface area (Å²) in [6, 6.07) is 8.54. The maximum atomic E-state index is 12.2. The van der Waals surface area contributed by atoms with Crippen LogP contribution in [0, 0.1) is 29.6 Å². The van der Waals surface area contributed by atoms with E-state index in [0.717, 1.165) is 0 Å². The number of hydrogen-bond donors (Lipinski definition) is 0. The highest BCUT2D eigenvalue weighted by molar-refractivity contribution is 6.00. The predicted molar refractivity (Wildman–Crippen MR) is 88.2 cm³/mol. The van der Waals surface area contributed by atoms with Gasteiger partial charge in [0.2, 0.25) is 0 Å². The highest BCUT2D eigenvalue weighted by atomic mass is 16.5. The first kappa shape index (κ1) is 18.5. The van der Waals surface area contributed by atoms with Crippen molar-refractivity contribution in [2.45, 2.75) is 12.8 Å². The van der Waals surface area contributed by atoms with Gasteiger partial charge in [-0.05, 0) is 25.0 Å². The van der Waals surface area contributed by atoms with Crippen LogP contribution in [-0.4, -0.2) is 38.7 Å². The maximum absolute atomic E-state index is 12.2. The molecule has 1 aliphatic rings. The van der Waals surface area contributed by atoms with Gasteiger partial charge in [0.05, 0.1) is 26.4 Å². The molecule has 2 rings (SSSR count). The fourth-order valence-corrected chi connectivity index (χ4v) is 3.23. The van der Waals surface area contributed by atoms with Crippen LogP contribution in [-0.2, 0) is 23.8 Å². The van der Waals surface area contributed by atoms with Gasteiger partial charge in [0.25, 0.3) is 0 Å². The Morgan fingerprint density at radius 3 is 2.24 bits per heavy atom. The summed E-state index contributed by atoms with van der Waals surface area (Å²) in [6.45, 7) is 0.0122. The molecule has 0 amide bonds. The van der Waals surface area contributed by atoms with Crippen molar-refractivity contribution in [3.8, 4) is 12.3 Å². The van der Waals surface area contributed by atoms with E-state index in [2.05, 4.69) is 5.92 Å². The van der Waals surface area contributed by atoms with Crippen LogP contribution in [0.25, 0.3) is 0 Å². The third-order valence-corrected chi connectivity index (χ3v) is 4.55. The topological polar surface area (TPSA) is 78.9 Å². The molecule has 6 heteroatoms. The zero-order valence-electron chi connectivity index (χ0n) is 14.2. The Kier molecular flexibility index (Phi) is 5.81. The van der Waals surface area contributed by atoms with Gasteiger partial charge in [0.15, 0.2) is 5.41 Å². The molecule has 6 nitrogen and oxygen atoms in total. The van der Waals surface area contributed by atoms with Crippen molar-refractivity contribution in [1.29, 1.82) is 0 Å². The summed E-state index contributed by atoms with van der Waals surface area (Å²) < 4.78 is 14.9. The minimum atomic E-state index is -1.45. The second-order valence-electron chi connectivity index (χ2n) is 5.97. The number of esters is 3. The largest absolute Gasteiger partial charge is 0.468 e. The standard InChI is InChI=1S/C19H20O6/c1-4-13-10-19(17(21)23-2,18(22)24-3)11-15(13)12-25-16(20)14-8-6-5-7-9-14/h1,5-9,13,15H,10-12H2,2-3H3. The molecule has 2 unspecified atom stereocenters. The van der Waals surface area contributed by atoms with Crippen LogP contribution in [0.1, 0.15) is 23.2 Å².